The van der Waals surface area contributed by atoms with E-state index in [-0.39, 0.29) is 0 Å². The fraction of sp³-hybridized carbons (Fsp3) is 0.357. The van der Waals surface area contributed by atoms with Gasteiger partial charge in [0.25, 0.3) is 0 Å². The Bertz CT molecular complexity index is 500. The lowest BCUT2D eigenvalue weighted by Crippen LogP contribution is -2.02. The van der Waals surface area contributed by atoms with Gasteiger partial charge in [-0.15, -0.1) is 0 Å². The van der Waals surface area contributed by atoms with Crippen LogP contribution in [-0.4, -0.2) is 9.55 Å². The van der Waals surface area contributed by atoms with Crippen molar-refractivity contribution in [2.75, 3.05) is 5.32 Å². The van der Waals surface area contributed by atoms with Gasteiger partial charge < -0.3 is 9.88 Å². The van der Waals surface area contributed by atoms with Gasteiger partial charge in [0.15, 0.2) is 0 Å². The second-order valence-electron chi connectivity index (χ2n) is 4.37. The molecule has 2 rings (SSSR count). The molecule has 0 aliphatic rings. The molecule has 2 aromatic rings. The zero-order chi connectivity index (χ0) is 12.3. The Morgan fingerprint density at radius 1 is 1.24 bits per heavy atom. The molecule has 0 radical (unpaired) electrons. The molecule has 0 atom stereocenters. The van der Waals surface area contributed by atoms with Crippen molar-refractivity contribution in [2.45, 2.75) is 33.7 Å². The smallest absolute Gasteiger partial charge is 0.207 e. The molecule has 3 nitrogen and oxygen atoms in total. The van der Waals surface area contributed by atoms with Crippen LogP contribution >= 0.6 is 0 Å². The van der Waals surface area contributed by atoms with Crippen LogP contribution in [0.25, 0.3) is 0 Å². The van der Waals surface area contributed by atoms with E-state index >= 15 is 0 Å². The highest BCUT2D eigenvalue weighted by Crippen LogP contribution is 2.18. The molecular weight excluding hydrogens is 210 g/mol. The molecule has 0 saturated heterocycles. The summed E-state index contributed by atoms with van der Waals surface area (Å²) >= 11 is 0. The highest BCUT2D eigenvalue weighted by Gasteiger charge is 2.02. The first-order valence-corrected chi connectivity index (χ1v) is 6.06. The van der Waals surface area contributed by atoms with E-state index in [2.05, 4.69) is 53.8 Å². The van der Waals surface area contributed by atoms with Gasteiger partial charge in [-0.2, -0.15) is 0 Å². The molecule has 0 unspecified atom stereocenters. The van der Waals surface area contributed by atoms with Crippen molar-refractivity contribution in [3.8, 4) is 0 Å². The number of anilines is 2. The topological polar surface area (TPSA) is 29.9 Å². The minimum Gasteiger partial charge on any atom is -0.326 e. The number of hydrogen-bond acceptors (Lipinski definition) is 2. The van der Waals surface area contributed by atoms with Crippen molar-refractivity contribution in [2.24, 2.45) is 0 Å². The molecule has 0 amide bonds. The Morgan fingerprint density at radius 3 is 2.76 bits per heavy atom. The summed E-state index contributed by atoms with van der Waals surface area (Å²) < 4.78 is 2.13. The molecule has 0 saturated carbocycles. The molecule has 0 fully saturated rings. The van der Waals surface area contributed by atoms with Crippen LogP contribution in [0.15, 0.2) is 30.6 Å². The second-order valence-corrected chi connectivity index (χ2v) is 4.37. The molecule has 0 bridgehead atoms. The van der Waals surface area contributed by atoms with Crippen LogP contribution in [0.4, 0.5) is 11.6 Å². The molecule has 1 aromatic heterocycles. The van der Waals surface area contributed by atoms with Gasteiger partial charge >= 0.3 is 0 Å². The third-order valence-corrected chi connectivity index (χ3v) is 2.94. The predicted molar refractivity (Wildman–Crippen MR) is 71.7 cm³/mol. The van der Waals surface area contributed by atoms with E-state index in [4.69, 9.17) is 0 Å². The third kappa shape index (κ3) is 2.67. The highest BCUT2D eigenvalue weighted by atomic mass is 15.2. The molecule has 0 aliphatic carbocycles. The van der Waals surface area contributed by atoms with Crippen molar-refractivity contribution < 1.29 is 0 Å². The van der Waals surface area contributed by atoms with Crippen LogP contribution in [0.3, 0.4) is 0 Å². The van der Waals surface area contributed by atoms with Crippen molar-refractivity contribution >= 4 is 11.6 Å². The van der Waals surface area contributed by atoms with E-state index in [1.165, 1.54) is 11.1 Å². The number of benzene rings is 1. The average Bonchev–Trinajstić information content (AvgIpc) is 2.72. The Balaban J connectivity index is 2.19. The Hall–Kier alpha value is -1.77. The molecule has 1 N–H and O–H groups in total. The Labute approximate surface area is 103 Å². The maximum absolute atomic E-state index is 4.33. The summed E-state index contributed by atoms with van der Waals surface area (Å²) in [4.78, 5) is 4.33. The molecule has 3 heteroatoms. The lowest BCUT2D eigenvalue weighted by atomic mass is 10.1. The van der Waals surface area contributed by atoms with E-state index in [0.717, 1.165) is 24.6 Å². The van der Waals surface area contributed by atoms with Crippen molar-refractivity contribution in [3.63, 3.8) is 0 Å². The molecule has 17 heavy (non-hydrogen) atoms. The summed E-state index contributed by atoms with van der Waals surface area (Å²) in [6.45, 7) is 7.41. The number of imidazole rings is 1. The maximum atomic E-state index is 4.33. The fourth-order valence-corrected chi connectivity index (χ4v) is 1.80. The van der Waals surface area contributed by atoms with Crippen molar-refractivity contribution in [3.05, 3.63) is 41.7 Å². The van der Waals surface area contributed by atoms with Crippen LogP contribution in [0.1, 0.15) is 24.5 Å². The number of nitrogens with zero attached hydrogens (tertiary/aromatic N) is 2. The molecule has 90 valence electrons. The number of aryl methyl sites for hydroxylation is 3. The first kappa shape index (κ1) is 11.7. The third-order valence-electron chi connectivity index (χ3n) is 2.94. The van der Waals surface area contributed by atoms with Gasteiger partial charge in [0, 0.05) is 24.6 Å². The van der Waals surface area contributed by atoms with Gasteiger partial charge in [-0.05, 0) is 43.5 Å². The van der Waals surface area contributed by atoms with Gasteiger partial charge in [0.1, 0.15) is 0 Å². The van der Waals surface area contributed by atoms with Gasteiger partial charge in [0.2, 0.25) is 5.95 Å². The number of rotatable bonds is 4. The van der Waals surface area contributed by atoms with Gasteiger partial charge in [-0.25, -0.2) is 4.98 Å². The van der Waals surface area contributed by atoms with Crippen LogP contribution in [0.5, 0.6) is 0 Å². The largest absolute Gasteiger partial charge is 0.326 e. The molecule has 1 aromatic carbocycles. The van der Waals surface area contributed by atoms with Gasteiger partial charge in [-0.1, -0.05) is 13.0 Å². The number of nitrogens with one attached hydrogen (secondary N) is 1. The maximum Gasteiger partial charge on any atom is 0.207 e. The first-order chi connectivity index (χ1) is 8.20. The van der Waals surface area contributed by atoms with Crippen LogP contribution < -0.4 is 5.32 Å². The predicted octanol–water partition coefficient (Wildman–Crippen LogP) is 3.65. The summed E-state index contributed by atoms with van der Waals surface area (Å²) in [5, 5.41) is 3.36. The van der Waals surface area contributed by atoms with E-state index in [9.17, 15) is 0 Å². The lowest BCUT2D eigenvalue weighted by molar-refractivity contribution is 0.686. The van der Waals surface area contributed by atoms with E-state index in [1.54, 1.807) is 0 Å². The summed E-state index contributed by atoms with van der Waals surface area (Å²) in [5.74, 6) is 0.912. The standard InChI is InChI=1S/C14H19N3/c1-4-8-17-9-7-15-14(17)16-13-6-5-11(2)12(3)10-13/h5-7,9-10H,4,8H2,1-3H3,(H,15,16). The average molecular weight is 229 g/mol. The van der Waals surface area contributed by atoms with Crippen molar-refractivity contribution in [1.82, 2.24) is 9.55 Å². The normalized spacial score (nSPS) is 10.5. The van der Waals surface area contributed by atoms with Crippen molar-refractivity contribution in [1.29, 1.82) is 0 Å². The second kappa shape index (κ2) is 5.04. The monoisotopic (exact) mass is 229 g/mol. The lowest BCUT2D eigenvalue weighted by Gasteiger charge is -2.10. The SMILES string of the molecule is CCCn1ccnc1Nc1ccc(C)c(C)c1. The first-order valence-electron chi connectivity index (χ1n) is 6.06. The molecule has 0 spiro atoms. The zero-order valence-corrected chi connectivity index (χ0v) is 10.7. The number of aromatic nitrogens is 2. The number of hydrogen-bond donors (Lipinski definition) is 1. The zero-order valence-electron chi connectivity index (χ0n) is 10.7. The summed E-state index contributed by atoms with van der Waals surface area (Å²) in [6.07, 6.45) is 4.95. The molecular formula is C14H19N3. The van der Waals surface area contributed by atoms with Crippen LogP contribution in [0.2, 0.25) is 0 Å². The highest BCUT2D eigenvalue weighted by molar-refractivity contribution is 5.55. The summed E-state index contributed by atoms with van der Waals surface area (Å²) in [5.41, 5.74) is 3.70. The Kier molecular flexibility index (Phi) is 3.47. The van der Waals surface area contributed by atoms with E-state index < -0.39 is 0 Å². The van der Waals surface area contributed by atoms with Crippen LogP contribution in [-0.2, 0) is 6.54 Å². The van der Waals surface area contributed by atoms with E-state index in [1.807, 2.05) is 12.4 Å². The Morgan fingerprint density at radius 2 is 2.06 bits per heavy atom. The summed E-state index contributed by atoms with van der Waals surface area (Å²) in [6, 6.07) is 6.37. The van der Waals surface area contributed by atoms with Gasteiger partial charge in [0.05, 0.1) is 0 Å². The van der Waals surface area contributed by atoms with E-state index in [0.29, 0.717) is 0 Å². The minimum atomic E-state index is 0.912. The fourth-order valence-electron chi connectivity index (χ4n) is 1.80. The minimum absolute atomic E-state index is 0.912. The summed E-state index contributed by atoms with van der Waals surface area (Å²) in [7, 11) is 0. The molecule has 1 heterocycles. The van der Waals surface area contributed by atoms with Crippen LogP contribution in [0, 0.1) is 13.8 Å². The molecule has 0 aliphatic heterocycles. The van der Waals surface area contributed by atoms with Gasteiger partial charge in [-0.3, -0.25) is 0 Å². The quantitative estimate of drug-likeness (QED) is 0.867.